The van der Waals surface area contributed by atoms with Crippen molar-refractivity contribution >= 4 is 16.7 Å². The van der Waals surface area contributed by atoms with Crippen LogP contribution >= 0.6 is 11.5 Å². The molecule has 0 saturated carbocycles. The number of hydrogen-bond donors (Lipinski definition) is 1. The van der Waals surface area contributed by atoms with Crippen LogP contribution in [0.5, 0.6) is 0 Å². The van der Waals surface area contributed by atoms with Gasteiger partial charge < -0.3 is 10.2 Å². The highest BCUT2D eigenvalue weighted by Gasteiger charge is 2.13. The zero-order valence-corrected chi connectivity index (χ0v) is 7.89. The van der Waals surface area contributed by atoms with Crippen molar-refractivity contribution in [2.24, 2.45) is 0 Å². The number of nitrogens with zero attached hydrogens (tertiary/aromatic N) is 3. The maximum Gasteiger partial charge on any atom is 0.205 e. The van der Waals surface area contributed by atoms with Crippen LogP contribution in [0.3, 0.4) is 0 Å². The second-order valence-electron chi connectivity index (χ2n) is 2.86. The normalized spacial score (nSPS) is 18.2. The van der Waals surface area contributed by atoms with E-state index in [4.69, 9.17) is 0 Å². The molecule has 0 atom stereocenters. The molecule has 1 aliphatic heterocycles. The highest BCUT2D eigenvalue weighted by Crippen LogP contribution is 2.16. The van der Waals surface area contributed by atoms with E-state index in [1.807, 2.05) is 6.92 Å². The number of hydrogen-bond acceptors (Lipinski definition) is 5. The Morgan fingerprint density at radius 3 is 2.75 bits per heavy atom. The van der Waals surface area contributed by atoms with Gasteiger partial charge in [-0.15, -0.1) is 0 Å². The average Bonchev–Trinajstić information content (AvgIpc) is 2.54. The lowest BCUT2D eigenvalue weighted by Gasteiger charge is -2.26. The molecule has 66 valence electrons. The zero-order chi connectivity index (χ0) is 8.39. The molecule has 0 amide bonds. The van der Waals surface area contributed by atoms with Crippen LogP contribution in [0.25, 0.3) is 0 Å². The molecule has 1 fully saturated rings. The standard InChI is InChI=1S/C7H12N4S/c1-6-9-7(12-10-6)11-4-2-8-3-5-11/h8H,2-5H2,1H3. The van der Waals surface area contributed by atoms with Crippen LogP contribution in [0.15, 0.2) is 0 Å². The second kappa shape index (κ2) is 3.37. The number of piperazine rings is 1. The van der Waals surface area contributed by atoms with Crippen molar-refractivity contribution in [2.45, 2.75) is 6.92 Å². The van der Waals surface area contributed by atoms with Crippen LogP contribution in [-0.2, 0) is 0 Å². The summed E-state index contributed by atoms with van der Waals surface area (Å²) in [4.78, 5) is 6.62. The van der Waals surface area contributed by atoms with Crippen LogP contribution in [0.2, 0.25) is 0 Å². The van der Waals surface area contributed by atoms with Crippen LogP contribution in [0, 0.1) is 6.92 Å². The van der Waals surface area contributed by atoms with Crippen molar-refractivity contribution in [2.75, 3.05) is 31.1 Å². The van der Waals surface area contributed by atoms with Crippen molar-refractivity contribution in [3.8, 4) is 0 Å². The van der Waals surface area contributed by atoms with Gasteiger partial charge in [0, 0.05) is 37.7 Å². The van der Waals surface area contributed by atoms with E-state index in [0.29, 0.717) is 0 Å². The second-order valence-corrected chi connectivity index (χ2v) is 3.59. The number of anilines is 1. The van der Waals surface area contributed by atoms with Crippen LogP contribution in [0.4, 0.5) is 5.13 Å². The molecule has 0 unspecified atom stereocenters. The van der Waals surface area contributed by atoms with E-state index in [9.17, 15) is 0 Å². The lowest BCUT2D eigenvalue weighted by Crippen LogP contribution is -2.43. The molecule has 0 spiro atoms. The Balaban J connectivity index is 2.08. The summed E-state index contributed by atoms with van der Waals surface area (Å²) < 4.78 is 4.16. The molecule has 1 saturated heterocycles. The highest BCUT2D eigenvalue weighted by molar-refractivity contribution is 7.09. The summed E-state index contributed by atoms with van der Waals surface area (Å²) in [6.07, 6.45) is 0. The molecule has 1 aromatic heterocycles. The SMILES string of the molecule is Cc1nsc(N2CCNCC2)n1. The molecule has 4 nitrogen and oxygen atoms in total. The van der Waals surface area contributed by atoms with Gasteiger partial charge >= 0.3 is 0 Å². The average molecular weight is 184 g/mol. The zero-order valence-electron chi connectivity index (χ0n) is 7.08. The lowest BCUT2D eigenvalue weighted by molar-refractivity contribution is 0.588. The Bertz CT molecular complexity index is 254. The van der Waals surface area contributed by atoms with E-state index in [1.165, 1.54) is 11.5 Å². The minimum Gasteiger partial charge on any atom is -0.344 e. The summed E-state index contributed by atoms with van der Waals surface area (Å²) >= 11 is 1.49. The smallest absolute Gasteiger partial charge is 0.205 e. The Kier molecular flexibility index (Phi) is 2.23. The van der Waals surface area contributed by atoms with Crippen molar-refractivity contribution in [3.05, 3.63) is 5.82 Å². The van der Waals surface area contributed by atoms with Gasteiger partial charge in [-0.2, -0.15) is 4.37 Å². The summed E-state index contributed by atoms with van der Waals surface area (Å²) in [5.41, 5.74) is 0. The maximum atomic E-state index is 4.34. The Morgan fingerprint density at radius 2 is 2.17 bits per heavy atom. The first-order valence-corrected chi connectivity index (χ1v) is 4.89. The van der Waals surface area contributed by atoms with Crippen molar-refractivity contribution < 1.29 is 0 Å². The van der Waals surface area contributed by atoms with E-state index >= 15 is 0 Å². The molecule has 12 heavy (non-hydrogen) atoms. The third kappa shape index (κ3) is 1.56. The van der Waals surface area contributed by atoms with Gasteiger partial charge in [0.05, 0.1) is 0 Å². The van der Waals surface area contributed by atoms with E-state index in [2.05, 4.69) is 19.6 Å². The number of rotatable bonds is 1. The predicted octanol–water partition coefficient (Wildman–Crippen LogP) is 0.256. The fourth-order valence-corrected chi connectivity index (χ4v) is 2.00. The number of nitrogens with one attached hydrogen (secondary N) is 1. The van der Waals surface area contributed by atoms with E-state index < -0.39 is 0 Å². The van der Waals surface area contributed by atoms with E-state index in [1.54, 1.807) is 0 Å². The van der Waals surface area contributed by atoms with Gasteiger partial charge in [0.15, 0.2) is 0 Å². The van der Waals surface area contributed by atoms with Gasteiger partial charge in [-0.3, -0.25) is 0 Å². The molecular formula is C7H12N4S. The topological polar surface area (TPSA) is 41.1 Å². The summed E-state index contributed by atoms with van der Waals surface area (Å²) in [5, 5.41) is 4.37. The van der Waals surface area contributed by atoms with Gasteiger partial charge in [0.25, 0.3) is 0 Å². The fraction of sp³-hybridized carbons (Fsp3) is 0.714. The molecule has 1 N–H and O–H groups in total. The van der Waals surface area contributed by atoms with Gasteiger partial charge in [-0.25, -0.2) is 4.98 Å². The van der Waals surface area contributed by atoms with Crippen LogP contribution in [-0.4, -0.2) is 35.5 Å². The molecule has 0 radical (unpaired) electrons. The molecule has 0 aromatic carbocycles. The van der Waals surface area contributed by atoms with E-state index in [-0.39, 0.29) is 0 Å². The Hall–Kier alpha value is -0.680. The first-order valence-electron chi connectivity index (χ1n) is 4.12. The van der Waals surface area contributed by atoms with Crippen molar-refractivity contribution in [1.29, 1.82) is 0 Å². The molecule has 2 heterocycles. The maximum absolute atomic E-state index is 4.34. The minimum atomic E-state index is 0.883. The third-order valence-electron chi connectivity index (χ3n) is 1.90. The molecule has 0 bridgehead atoms. The lowest BCUT2D eigenvalue weighted by atomic mass is 10.4. The molecule has 2 rings (SSSR count). The molecular weight excluding hydrogens is 172 g/mol. The highest BCUT2D eigenvalue weighted by atomic mass is 32.1. The molecule has 5 heteroatoms. The van der Waals surface area contributed by atoms with E-state index in [0.717, 1.165) is 37.1 Å². The molecule has 0 aliphatic carbocycles. The quantitative estimate of drug-likeness (QED) is 0.679. The van der Waals surface area contributed by atoms with Crippen LogP contribution < -0.4 is 10.2 Å². The summed E-state index contributed by atoms with van der Waals surface area (Å²) in [6.45, 7) is 6.14. The predicted molar refractivity (Wildman–Crippen MR) is 49.7 cm³/mol. The van der Waals surface area contributed by atoms with Crippen molar-refractivity contribution in [1.82, 2.24) is 14.7 Å². The van der Waals surface area contributed by atoms with Gasteiger partial charge in [-0.1, -0.05) is 0 Å². The number of aryl methyl sites for hydroxylation is 1. The molecule has 1 aromatic rings. The summed E-state index contributed by atoms with van der Waals surface area (Å²) in [5.74, 6) is 0.883. The summed E-state index contributed by atoms with van der Waals surface area (Å²) in [7, 11) is 0. The third-order valence-corrected chi connectivity index (χ3v) is 2.77. The molecule has 1 aliphatic rings. The Labute approximate surface area is 75.8 Å². The van der Waals surface area contributed by atoms with Gasteiger partial charge in [0.2, 0.25) is 5.13 Å². The van der Waals surface area contributed by atoms with Gasteiger partial charge in [0.1, 0.15) is 5.82 Å². The summed E-state index contributed by atoms with van der Waals surface area (Å²) in [6, 6.07) is 0. The Morgan fingerprint density at radius 1 is 1.42 bits per heavy atom. The first kappa shape index (κ1) is 7.94. The van der Waals surface area contributed by atoms with Crippen molar-refractivity contribution in [3.63, 3.8) is 0 Å². The fourth-order valence-electron chi connectivity index (χ4n) is 1.27. The minimum absolute atomic E-state index is 0.883. The van der Waals surface area contributed by atoms with Crippen LogP contribution in [0.1, 0.15) is 5.82 Å². The monoisotopic (exact) mass is 184 g/mol. The number of aromatic nitrogens is 2. The largest absolute Gasteiger partial charge is 0.344 e. The first-order chi connectivity index (χ1) is 5.86. The van der Waals surface area contributed by atoms with Gasteiger partial charge in [-0.05, 0) is 6.92 Å².